The molecule has 1 heterocycles. The summed E-state index contributed by atoms with van der Waals surface area (Å²) in [6.07, 6.45) is 2.63. The summed E-state index contributed by atoms with van der Waals surface area (Å²) in [5, 5.41) is 2.75. The number of carbonyl (C=O) groups is 2. The van der Waals surface area contributed by atoms with Crippen LogP contribution in [0, 0.1) is 0 Å². The van der Waals surface area contributed by atoms with Crippen molar-refractivity contribution < 1.29 is 23.5 Å². The van der Waals surface area contributed by atoms with Crippen LogP contribution in [0.4, 0.5) is 0 Å². The van der Waals surface area contributed by atoms with Crippen LogP contribution in [-0.4, -0.2) is 25.6 Å². The second kappa shape index (κ2) is 7.31. The molecule has 0 saturated heterocycles. The van der Waals surface area contributed by atoms with E-state index in [2.05, 4.69) is 5.32 Å². The molecule has 6 nitrogen and oxygen atoms in total. The third-order valence-electron chi connectivity index (χ3n) is 3.08. The predicted molar refractivity (Wildman–Crippen MR) is 78.5 cm³/mol. The normalized spacial score (nSPS) is 11.5. The van der Waals surface area contributed by atoms with Crippen LogP contribution < -0.4 is 10.1 Å². The number of amides is 1. The van der Waals surface area contributed by atoms with Gasteiger partial charge < -0.3 is 19.2 Å². The molecule has 0 aliphatic rings. The third-order valence-corrected chi connectivity index (χ3v) is 3.08. The van der Waals surface area contributed by atoms with Crippen LogP contribution in [0.2, 0.25) is 0 Å². The molecule has 0 fully saturated rings. The van der Waals surface area contributed by atoms with Crippen LogP contribution in [-0.2, 0) is 9.53 Å². The number of ether oxygens (including phenoxy) is 2. The molecule has 0 aliphatic carbocycles. The van der Waals surface area contributed by atoms with Crippen molar-refractivity contribution in [3.63, 3.8) is 0 Å². The van der Waals surface area contributed by atoms with Crippen molar-refractivity contribution in [1.82, 2.24) is 5.32 Å². The Morgan fingerprint density at radius 1 is 1.23 bits per heavy atom. The molecule has 0 saturated carbocycles. The molecular weight excluding hydrogens is 286 g/mol. The number of esters is 1. The Morgan fingerprint density at radius 3 is 2.55 bits per heavy atom. The van der Waals surface area contributed by atoms with Crippen molar-refractivity contribution >= 4 is 11.9 Å². The van der Waals surface area contributed by atoms with Crippen LogP contribution in [0.3, 0.4) is 0 Å². The molecule has 22 heavy (non-hydrogen) atoms. The summed E-state index contributed by atoms with van der Waals surface area (Å²) in [6.45, 7) is 1.50. The Bertz CT molecular complexity index is 618. The largest absolute Gasteiger partial charge is 0.497 e. The van der Waals surface area contributed by atoms with Crippen LogP contribution in [0.25, 0.3) is 0 Å². The number of nitrogens with one attached hydrogen (secondary N) is 1. The van der Waals surface area contributed by atoms with E-state index in [0.717, 1.165) is 11.3 Å². The number of methoxy groups -OCH3 is 1. The van der Waals surface area contributed by atoms with Gasteiger partial charge in [0, 0.05) is 0 Å². The molecule has 1 atom stereocenters. The zero-order valence-corrected chi connectivity index (χ0v) is 12.4. The number of hydrogen-bond donors (Lipinski definition) is 1. The highest BCUT2D eigenvalue weighted by molar-refractivity contribution is 5.90. The van der Waals surface area contributed by atoms with Crippen molar-refractivity contribution in [1.29, 1.82) is 0 Å². The fraction of sp³-hybridized carbons (Fsp3) is 0.250. The predicted octanol–water partition coefficient (Wildman–Crippen LogP) is 2.32. The van der Waals surface area contributed by atoms with Crippen molar-refractivity contribution in [3.05, 3.63) is 54.0 Å². The molecule has 116 valence electrons. The summed E-state index contributed by atoms with van der Waals surface area (Å²) in [5.74, 6) is -0.225. The molecule has 2 rings (SSSR count). The van der Waals surface area contributed by atoms with Gasteiger partial charge in [0.1, 0.15) is 12.0 Å². The van der Waals surface area contributed by atoms with Gasteiger partial charge in [0.2, 0.25) is 0 Å². The minimum atomic E-state index is -0.596. The number of benzene rings is 1. The lowest BCUT2D eigenvalue weighted by molar-refractivity contribution is -0.124. The molecule has 1 amide bonds. The Morgan fingerprint density at radius 2 is 1.95 bits per heavy atom. The quantitative estimate of drug-likeness (QED) is 0.829. The van der Waals surface area contributed by atoms with Crippen molar-refractivity contribution in [2.24, 2.45) is 0 Å². The molecule has 1 aromatic heterocycles. The Hall–Kier alpha value is -2.76. The number of carbonyl (C=O) groups excluding carboxylic acids is 2. The maximum absolute atomic E-state index is 11.8. The van der Waals surface area contributed by atoms with Crippen molar-refractivity contribution in [2.45, 2.75) is 13.0 Å². The third kappa shape index (κ3) is 4.12. The maximum atomic E-state index is 11.8. The fourth-order valence-electron chi connectivity index (χ4n) is 1.85. The zero-order valence-electron chi connectivity index (χ0n) is 12.4. The maximum Gasteiger partial charge on any atom is 0.341 e. The van der Waals surface area contributed by atoms with Gasteiger partial charge in [0.15, 0.2) is 6.61 Å². The minimum absolute atomic E-state index is 0.203. The summed E-state index contributed by atoms with van der Waals surface area (Å²) in [6, 6.07) is 8.63. The molecule has 0 radical (unpaired) electrons. The van der Waals surface area contributed by atoms with E-state index in [1.165, 1.54) is 18.6 Å². The van der Waals surface area contributed by atoms with E-state index in [4.69, 9.17) is 13.9 Å². The topological polar surface area (TPSA) is 77.8 Å². The Labute approximate surface area is 128 Å². The highest BCUT2D eigenvalue weighted by atomic mass is 16.5. The summed E-state index contributed by atoms with van der Waals surface area (Å²) in [5.41, 5.74) is 1.20. The molecule has 0 spiro atoms. The fourth-order valence-corrected chi connectivity index (χ4v) is 1.85. The molecule has 0 aliphatic heterocycles. The Balaban J connectivity index is 1.81. The summed E-state index contributed by atoms with van der Waals surface area (Å²) in [4.78, 5) is 23.3. The van der Waals surface area contributed by atoms with Gasteiger partial charge in [-0.1, -0.05) is 12.1 Å². The average Bonchev–Trinajstić information content (AvgIpc) is 3.07. The standard InChI is InChI=1S/C16H17NO5/c1-11(12-3-5-14(20-2)6-4-12)17-15(18)10-22-16(19)13-7-8-21-9-13/h3-9,11H,10H2,1-2H3,(H,17,18)/t11-/m0/s1. The van der Waals surface area contributed by atoms with E-state index in [1.807, 2.05) is 31.2 Å². The van der Waals surface area contributed by atoms with Gasteiger partial charge in [0.25, 0.3) is 5.91 Å². The highest BCUT2D eigenvalue weighted by Crippen LogP contribution is 2.17. The van der Waals surface area contributed by atoms with Crippen LogP contribution >= 0.6 is 0 Å². The van der Waals surface area contributed by atoms with E-state index in [-0.39, 0.29) is 24.1 Å². The number of hydrogen-bond acceptors (Lipinski definition) is 5. The summed E-state index contributed by atoms with van der Waals surface area (Å²) >= 11 is 0. The van der Waals surface area contributed by atoms with Gasteiger partial charge in [-0.05, 0) is 30.7 Å². The van der Waals surface area contributed by atoms with E-state index >= 15 is 0 Å². The van der Waals surface area contributed by atoms with Crippen LogP contribution in [0.5, 0.6) is 5.75 Å². The summed E-state index contributed by atoms with van der Waals surface area (Å²) in [7, 11) is 1.59. The first-order valence-corrected chi connectivity index (χ1v) is 6.73. The SMILES string of the molecule is COc1ccc([C@H](C)NC(=O)COC(=O)c2ccoc2)cc1. The second-order valence-corrected chi connectivity index (χ2v) is 4.65. The smallest absolute Gasteiger partial charge is 0.341 e. The minimum Gasteiger partial charge on any atom is -0.497 e. The summed E-state index contributed by atoms with van der Waals surface area (Å²) < 4.78 is 14.7. The molecular formula is C16H17NO5. The van der Waals surface area contributed by atoms with Crippen molar-refractivity contribution in [2.75, 3.05) is 13.7 Å². The molecule has 0 bridgehead atoms. The first-order chi connectivity index (χ1) is 10.6. The number of rotatable bonds is 6. The van der Waals surface area contributed by atoms with E-state index in [1.54, 1.807) is 7.11 Å². The molecule has 0 unspecified atom stereocenters. The second-order valence-electron chi connectivity index (χ2n) is 4.65. The number of furan rings is 1. The molecule has 2 aromatic rings. The van der Waals surface area contributed by atoms with Crippen LogP contribution in [0.1, 0.15) is 28.9 Å². The first-order valence-electron chi connectivity index (χ1n) is 6.73. The zero-order chi connectivity index (χ0) is 15.9. The van der Waals surface area contributed by atoms with Gasteiger partial charge in [-0.25, -0.2) is 4.79 Å². The van der Waals surface area contributed by atoms with Gasteiger partial charge >= 0.3 is 5.97 Å². The van der Waals surface area contributed by atoms with Gasteiger partial charge in [0.05, 0.1) is 25.0 Å². The van der Waals surface area contributed by atoms with Crippen LogP contribution in [0.15, 0.2) is 47.3 Å². The van der Waals surface area contributed by atoms with E-state index < -0.39 is 5.97 Å². The molecule has 1 N–H and O–H groups in total. The lowest BCUT2D eigenvalue weighted by atomic mass is 10.1. The van der Waals surface area contributed by atoms with Gasteiger partial charge in [-0.2, -0.15) is 0 Å². The highest BCUT2D eigenvalue weighted by Gasteiger charge is 2.13. The van der Waals surface area contributed by atoms with E-state index in [9.17, 15) is 9.59 Å². The monoisotopic (exact) mass is 303 g/mol. The molecule has 6 heteroatoms. The average molecular weight is 303 g/mol. The lowest BCUT2D eigenvalue weighted by Gasteiger charge is -2.14. The van der Waals surface area contributed by atoms with Crippen molar-refractivity contribution in [3.8, 4) is 5.75 Å². The van der Waals surface area contributed by atoms with E-state index in [0.29, 0.717) is 0 Å². The van der Waals surface area contributed by atoms with Gasteiger partial charge in [-0.3, -0.25) is 4.79 Å². The lowest BCUT2D eigenvalue weighted by Crippen LogP contribution is -2.31. The first kappa shape index (κ1) is 15.6. The molecule has 1 aromatic carbocycles. The van der Waals surface area contributed by atoms with Gasteiger partial charge in [-0.15, -0.1) is 0 Å². The Kier molecular flexibility index (Phi) is 5.19.